The van der Waals surface area contributed by atoms with E-state index in [1.165, 1.54) is 28.8 Å². The highest BCUT2D eigenvalue weighted by Crippen LogP contribution is 2.39. The number of hydrogen-bond acceptors (Lipinski definition) is 3. The van der Waals surface area contributed by atoms with Gasteiger partial charge >= 0.3 is 0 Å². The van der Waals surface area contributed by atoms with E-state index in [0.29, 0.717) is 16.5 Å². The van der Waals surface area contributed by atoms with Crippen LogP contribution in [0.5, 0.6) is 5.88 Å². The summed E-state index contributed by atoms with van der Waals surface area (Å²) in [6.45, 7) is 0.184. The number of rotatable bonds is 4. The van der Waals surface area contributed by atoms with Crippen molar-refractivity contribution in [3.63, 3.8) is 0 Å². The number of halogens is 2. The molecule has 0 saturated carbocycles. The third-order valence-electron chi connectivity index (χ3n) is 4.96. The van der Waals surface area contributed by atoms with Gasteiger partial charge in [0, 0.05) is 11.1 Å². The Labute approximate surface area is 183 Å². The van der Waals surface area contributed by atoms with Crippen molar-refractivity contribution in [3.05, 3.63) is 83.6 Å². The second-order valence-electron chi connectivity index (χ2n) is 7.19. The summed E-state index contributed by atoms with van der Waals surface area (Å²) >= 11 is 5.26. The molecule has 1 aliphatic rings. The molecule has 2 N–H and O–H groups in total. The minimum atomic E-state index is -0.469. The van der Waals surface area contributed by atoms with E-state index in [1.807, 2.05) is 12.2 Å². The number of benzene rings is 2. The first-order valence-corrected chi connectivity index (χ1v) is 10.3. The largest absolute Gasteiger partial charge is 0.493 e. The molecule has 158 valence electrons. The Bertz CT molecular complexity index is 1230. The van der Waals surface area contributed by atoms with Gasteiger partial charge in [-0.2, -0.15) is 0 Å². The average Bonchev–Trinajstić information content (AvgIpc) is 2.90. The van der Waals surface area contributed by atoms with E-state index in [9.17, 15) is 13.9 Å². The Kier molecular flexibility index (Phi) is 6.18. The lowest BCUT2D eigenvalue weighted by Crippen LogP contribution is -2.18. The summed E-state index contributed by atoms with van der Waals surface area (Å²) in [5.74, 6) is -1.05. The number of azo groups is 1. The highest BCUT2D eigenvalue weighted by molar-refractivity contribution is 7.80. The summed E-state index contributed by atoms with van der Waals surface area (Å²) < 4.78 is 29.0. The number of fused-ring (bicyclic) bond motifs is 1. The van der Waals surface area contributed by atoms with Gasteiger partial charge in [-0.05, 0) is 73.5 Å². The molecule has 0 aliphatic heterocycles. The SMILES string of the molecule is Oc1c(N=NC(=S)NC2=CC=CCCC2)c2cc(F)ccc2n1Cc1cccc(F)c1. The lowest BCUT2D eigenvalue weighted by molar-refractivity contribution is 0.429. The van der Waals surface area contributed by atoms with Gasteiger partial charge in [0.1, 0.15) is 11.6 Å². The molecule has 0 atom stereocenters. The average molecular weight is 439 g/mol. The Morgan fingerprint density at radius 1 is 1.16 bits per heavy atom. The normalized spacial score (nSPS) is 14.1. The number of nitrogens with zero attached hydrogens (tertiary/aromatic N) is 3. The highest BCUT2D eigenvalue weighted by atomic mass is 32.1. The molecule has 0 saturated heterocycles. The van der Waals surface area contributed by atoms with Gasteiger partial charge in [0.25, 0.3) is 0 Å². The molecule has 0 amide bonds. The van der Waals surface area contributed by atoms with Crippen LogP contribution in [0, 0.1) is 11.6 Å². The third kappa shape index (κ3) is 4.86. The van der Waals surface area contributed by atoms with Crippen LogP contribution in [0.4, 0.5) is 14.5 Å². The molecule has 8 heteroatoms. The molecule has 0 spiro atoms. The van der Waals surface area contributed by atoms with Crippen molar-refractivity contribution in [1.82, 2.24) is 9.88 Å². The summed E-state index contributed by atoms with van der Waals surface area (Å²) in [7, 11) is 0. The fraction of sp³-hybridized carbons (Fsp3) is 0.174. The molecule has 5 nitrogen and oxygen atoms in total. The minimum absolute atomic E-state index is 0.102. The van der Waals surface area contributed by atoms with Crippen molar-refractivity contribution >= 4 is 33.9 Å². The van der Waals surface area contributed by atoms with Crippen LogP contribution < -0.4 is 5.32 Å². The second kappa shape index (κ2) is 9.18. The van der Waals surface area contributed by atoms with Gasteiger partial charge in [-0.1, -0.05) is 24.3 Å². The van der Waals surface area contributed by atoms with E-state index in [-0.39, 0.29) is 29.0 Å². The molecule has 0 radical (unpaired) electrons. The summed E-state index contributed by atoms with van der Waals surface area (Å²) in [6.07, 6.45) is 8.82. The van der Waals surface area contributed by atoms with Gasteiger partial charge in [-0.3, -0.25) is 0 Å². The van der Waals surface area contributed by atoms with Crippen molar-refractivity contribution in [2.24, 2.45) is 10.2 Å². The van der Waals surface area contributed by atoms with Gasteiger partial charge in [-0.15, -0.1) is 10.2 Å². The molecule has 4 rings (SSSR count). The fourth-order valence-electron chi connectivity index (χ4n) is 3.51. The van der Waals surface area contributed by atoms with Crippen molar-refractivity contribution in [3.8, 4) is 5.88 Å². The molecule has 31 heavy (non-hydrogen) atoms. The number of allylic oxidation sites excluding steroid dienone is 4. The Morgan fingerprint density at radius 3 is 2.84 bits per heavy atom. The zero-order valence-corrected chi connectivity index (χ0v) is 17.4. The smallest absolute Gasteiger partial charge is 0.221 e. The number of aromatic nitrogens is 1. The Hall–Kier alpha value is -3.39. The standard InChI is InChI=1S/C23H20F2N4OS/c24-16-7-5-6-15(12-16)14-29-20-11-10-17(25)13-19(20)21(22(29)30)27-28-23(31)26-18-8-3-1-2-4-9-18/h1,3,5-8,10-13,30H,2,4,9,14H2,(H,26,31). The van der Waals surface area contributed by atoms with Crippen LogP contribution in [0.25, 0.3) is 10.9 Å². The molecule has 0 unspecified atom stereocenters. The molecule has 0 bridgehead atoms. The zero-order chi connectivity index (χ0) is 21.8. The van der Waals surface area contributed by atoms with Crippen molar-refractivity contribution in [2.45, 2.75) is 25.8 Å². The molecule has 3 aromatic rings. The van der Waals surface area contributed by atoms with Crippen molar-refractivity contribution in [2.75, 3.05) is 0 Å². The summed E-state index contributed by atoms with van der Waals surface area (Å²) in [4.78, 5) is 0. The summed E-state index contributed by atoms with van der Waals surface area (Å²) in [6, 6.07) is 10.2. The molecule has 2 aromatic carbocycles. The predicted octanol–water partition coefficient (Wildman–Crippen LogP) is 6.26. The number of thiocarbonyl (C=S) groups is 1. The molecular formula is C23H20F2N4OS. The maximum atomic E-state index is 13.9. The van der Waals surface area contributed by atoms with Crippen LogP contribution in [0.3, 0.4) is 0 Å². The maximum Gasteiger partial charge on any atom is 0.221 e. The van der Waals surface area contributed by atoms with Crippen LogP contribution in [-0.2, 0) is 6.54 Å². The zero-order valence-electron chi connectivity index (χ0n) is 16.6. The van der Waals surface area contributed by atoms with Crippen molar-refractivity contribution < 1.29 is 13.9 Å². The van der Waals surface area contributed by atoms with Crippen LogP contribution in [-0.4, -0.2) is 14.8 Å². The van der Waals surface area contributed by atoms with Gasteiger partial charge in [-0.25, -0.2) is 8.78 Å². The second-order valence-corrected chi connectivity index (χ2v) is 7.58. The minimum Gasteiger partial charge on any atom is -0.493 e. The van der Waals surface area contributed by atoms with Crippen LogP contribution >= 0.6 is 12.2 Å². The topological polar surface area (TPSA) is 61.9 Å². The quantitative estimate of drug-likeness (QED) is 0.374. The van der Waals surface area contributed by atoms with E-state index >= 15 is 0 Å². The lowest BCUT2D eigenvalue weighted by Gasteiger charge is -2.07. The fourth-order valence-corrected chi connectivity index (χ4v) is 3.68. The van der Waals surface area contributed by atoms with E-state index in [1.54, 1.807) is 18.2 Å². The van der Waals surface area contributed by atoms with E-state index in [4.69, 9.17) is 12.2 Å². The summed E-state index contributed by atoms with van der Waals surface area (Å²) in [5, 5.41) is 22.5. The first-order valence-electron chi connectivity index (χ1n) is 9.85. The lowest BCUT2D eigenvalue weighted by atomic mass is 10.2. The Morgan fingerprint density at radius 2 is 2.00 bits per heavy atom. The number of hydrogen-bond donors (Lipinski definition) is 2. The third-order valence-corrected chi connectivity index (χ3v) is 5.14. The molecule has 1 aromatic heterocycles. The van der Waals surface area contributed by atoms with Gasteiger partial charge < -0.3 is 15.0 Å². The van der Waals surface area contributed by atoms with Gasteiger partial charge in [0.05, 0.1) is 12.1 Å². The van der Waals surface area contributed by atoms with E-state index in [2.05, 4.69) is 21.6 Å². The first kappa shape index (κ1) is 20.9. The predicted molar refractivity (Wildman–Crippen MR) is 120 cm³/mol. The molecule has 0 fully saturated rings. The van der Waals surface area contributed by atoms with E-state index < -0.39 is 5.82 Å². The van der Waals surface area contributed by atoms with Crippen LogP contribution in [0.1, 0.15) is 24.8 Å². The summed E-state index contributed by atoms with van der Waals surface area (Å²) in [5.41, 5.74) is 2.23. The molecule has 1 aliphatic carbocycles. The Balaban J connectivity index is 1.65. The number of nitrogens with one attached hydrogen (secondary N) is 1. The molecular weight excluding hydrogens is 418 g/mol. The van der Waals surface area contributed by atoms with Crippen LogP contribution in [0.2, 0.25) is 0 Å². The molecule has 1 heterocycles. The van der Waals surface area contributed by atoms with Gasteiger partial charge in [0.15, 0.2) is 5.69 Å². The van der Waals surface area contributed by atoms with E-state index in [0.717, 1.165) is 25.0 Å². The van der Waals surface area contributed by atoms with Gasteiger partial charge in [0.2, 0.25) is 11.0 Å². The first-order chi connectivity index (χ1) is 15.0. The maximum absolute atomic E-state index is 13.9. The monoisotopic (exact) mass is 438 g/mol. The highest BCUT2D eigenvalue weighted by Gasteiger charge is 2.18. The van der Waals surface area contributed by atoms with Crippen LogP contribution in [0.15, 0.2) is 76.6 Å². The van der Waals surface area contributed by atoms with Crippen molar-refractivity contribution in [1.29, 1.82) is 0 Å². The number of aromatic hydroxyl groups is 1.